The molecule has 140 valence electrons. The third-order valence-electron chi connectivity index (χ3n) is 4.64. The largest absolute Gasteiger partial charge is 0.370 e. The highest BCUT2D eigenvalue weighted by Gasteiger charge is 2.19. The second-order valence-corrected chi connectivity index (χ2v) is 7.07. The average molecular weight is 355 g/mol. The second kappa shape index (κ2) is 9.50. The zero-order valence-corrected chi connectivity index (χ0v) is 15.9. The molecule has 0 saturated carbocycles. The highest BCUT2D eigenvalue weighted by molar-refractivity contribution is 5.41. The summed E-state index contributed by atoms with van der Waals surface area (Å²) in [6.45, 7) is 7.04. The van der Waals surface area contributed by atoms with Crippen molar-refractivity contribution >= 4 is 11.8 Å². The number of aromatic nitrogens is 2. The summed E-state index contributed by atoms with van der Waals surface area (Å²) < 4.78 is 0. The van der Waals surface area contributed by atoms with E-state index in [1.165, 1.54) is 5.56 Å². The van der Waals surface area contributed by atoms with E-state index in [9.17, 15) is 0 Å². The number of rotatable bonds is 8. The molecule has 1 aliphatic heterocycles. The van der Waals surface area contributed by atoms with Gasteiger partial charge >= 0.3 is 0 Å². The lowest BCUT2D eigenvalue weighted by molar-refractivity contribution is 0.248. The van der Waals surface area contributed by atoms with Gasteiger partial charge in [0.25, 0.3) is 0 Å². The number of hydrogen-bond donors (Lipinski definition) is 1. The van der Waals surface area contributed by atoms with Gasteiger partial charge < -0.3 is 15.1 Å². The third-order valence-corrected chi connectivity index (χ3v) is 4.64. The van der Waals surface area contributed by atoms with Crippen molar-refractivity contribution in [2.75, 3.05) is 63.6 Å². The molecule has 2 heterocycles. The fourth-order valence-electron chi connectivity index (χ4n) is 3.16. The standard InChI is InChI=1S/C20H30N6/c1-24(2)12-6-10-21-19-9-11-22-20(23-19)26-15-13-25(14-16-26)17-18-7-4-3-5-8-18/h3-5,7-9,11H,6,10,12-17H2,1-2H3,(H,21,22,23). The second-order valence-electron chi connectivity index (χ2n) is 7.07. The molecule has 0 atom stereocenters. The summed E-state index contributed by atoms with van der Waals surface area (Å²) >= 11 is 0. The summed E-state index contributed by atoms with van der Waals surface area (Å²) in [6.07, 6.45) is 2.96. The first-order valence-corrected chi connectivity index (χ1v) is 9.43. The molecule has 0 bridgehead atoms. The van der Waals surface area contributed by atoms with Gasteiger partial charge in [-0.1, -0.05) is 30.3 Å². The number of hydrogen-bond acceptors (Lipinski definition) is 6. The van der Waals surface area contributed by atoms with Crippen molar-refractivity contribution in [2.24, 2.45) is 0 Å². The molecule has 0 radical (unpaired) electrons. The van der Waals surface area contributed by atoms with Crippen LogP contribution in [0.1, 0.15) is 12.0 Å². The normalized spacial score (nSPS) is 15.4. The van der Waals surface area contributed by atoms with Crippen LogP contribution in [-0.4, -0.2) is 73.1 Å². The zero-order valence-electron chi connectivity index (χ0n) is 15.9. The van der Waals surface area contributed by atoms with Crippen molar-refractivity contribution in [3.05, 3.63) is 48.2 Å². The summed E-state index contributed by atoms with van der Waals surface area (Å²) in [6, 6.07) is 12.6. The Labute approximate surface area is 156 Å². The van der Waals surface area contributed by atoms with Gasteiger partial charge in [0.15, 0.2) is 0 Å². The van der Waals surface area contributed by atoms with E-state index in [2.05, 4.69) is 69.4 Å². The van der Waals surface area contributed by atoms with Crippen LogP contribution in [0.25, 0.3) is 0 Å². The van der Waals surface area contributed by atoms with Crippen LogP contribution in [0.15, 0.2) is 42.6 Å². The molecule has 26 heavy (non-hydrogen) atoms. The van der Waals surface area contributed by atoms with Crippen LogP contribution in [0.5, 0.6) is 0 Å². The van der Waals surface area contributed by atoms with Gasteiger partial charge in [-0.3, -0.25) is 4.90 Å². The van der Waals surface area contributed by atoms with Crippen LogP contribution in [0.2, 0.25) is 0 Å². The molecule has 3 rings (SSSR count). The van der Waals surface area contributed by atoms with Crippen molar-refractivity contribution in [3.63, 3.8) is 0 Å². The topological polar surface area (TPSA) is 47.5 Å². The van der Waals surface area contributed by atoms with E-state index in [1.807, 2.05) is 12.3 Å². The molecular formula is C20H30N6. The Balaban J connectivity index is 1.47. The van der Waals surface area contributed by atoms with Crippen LogP contribution < -0.4 is 10.2 Å². The van der Waals surface area contributed by atoms with Crippen LogP contribution in [0.4, 0.5) is 11.8 Å². The van der Waals surface area contributed by atoms with Gasteiger partial charge in [-0.05, 0) is 38.7 Å². The number of anilines is 2. The summed E-state index contributed by atoms with van der Waals surface area (Å²) in [5, 5.41) is 3.41. The molecule has 1 saturated heterocycles. The number of benzene rings is 1. The van der Waals surface area contributed by atoms with Crippen LogP contribution in [0.3, 0.4) is 0 Å². The minimum Gasteiger partial charge on any atom is -0.370 e. The van der Waals surface area contributed by atoms with Crippen molar-refractivity contribution in [2.45, 2.75) is 13.0 Å². The predicted molar refractivity (Wildman–Crippen MR) is 108 cm³/mol. The molecule has 1 aromatic carbocycles. The van der Waals surface area contributed by atoms with Gasteiger partial charge in [-0.15, -0.1) is 0 Å². The van der Waals surface area contributed by atoms with Crippen molar-refractivity contribution in [1.82, 2.24) is 19.8 Å². The lowest BCUT2D eigenvalue weighted by atomic mass is 10.2. The molecule has 1 aliphatic rings. The van der Waals surface area contributed by atoms with E-state index >= 15 is 0 Å². The fourth-order valence-corrected chi connectivity index (χ4v) is 3.16. The first kappa shape index (κ1) is 18.6. The molecule has 0 spiro atoms. The van der Waals surface area contributed by atoms with Gasteiger partial charge in [0.1, 0.15) is 5.82 Å². The lowest BCUT2D eigenvalue weighted by Crippen LogP contribution is -2.46. The van der Waals surface area contributed by atoms with Gasteiger partial charge in [0.2, 0.25) is 5.95 Å². The summed E-state index contributed by atoms with van der Waals surface area (Å²) in [4.78, 5) is 16.1. The highest BCUT2D eigenvalue weighted by atomic mass is 15.3. The van der Waals surface area contributed by atoms with Gasteiger partial charge in [0, 0.05) is 45.5 Å². The Hall–Kier alpha value is -2.18. The van der Waals surface area contributed by atoms with Crippen LogP contribution >= 0.6 is 0 Å². The van der Waals surface area contributed by atoms with E-state index < -0.39 is 0 Å². The lowest BCUT2D eigenvalue weighted by Gasteiger charge is -2.34. The third kappa shape index (κ3) is 5.68. The van der Waals surface area contributed by atoms with Crippen LogP contribution in [-0.2, 0) is 6.54 Å². The molecule has 6 nitrogen and oxygen atoms in total. The molecule has 1 N–H and O–H groups in total. The number of nitrogens with one attached hydrogen (secondary N) is 1. The van der Waals surface area contributed by atoms with Gasteiger partial charge in [-0.25, -0.2) is 4.98 Å². The van der Waals surface area contributed by atoms with E-state index in [0.717, 1.165) is 64.0 Å². The Morgan fingerprint density at radius 3 is 2.54 bits per heavy atom. The molecule has 2 aromatic rings. The zero-order chi connectivity index (χ0) is 18.2. The maximum Gasteiger partial charge on any atom is 0.227 e. The molecule has 0 aliphatic carbocycles. The van der Waals surface area contributed by atoms with E-state index in [1.54, 1.807) is 0 Å². The average Bonchev–Trinajstić information content (AvgIpc) is 2.67. The fraction of sp³-hybridized carbons (Fsp3) is 0.500. The summed E-state index contributed by atoms with van der Waals surface area (Å²) in [5.74, 6) is 1.75. The van der Waals surface area contributed by atoms with Crippen LogP contribution in [0, 0.1) is 0 Å². The van der Waals surface area contributed by atoms with E-state index in [-0.39, 0.29) is 0 Å². The molecule has 0 unspecified atom stereocenters. The number of nitrogens with zero attached hydrogens (tertiary/aromatic N) is 5. The SMILES string of the molecule is CN(C)CCCNc1ccnc(N2CCN(Cc3ccccc3)CC2)n1. The summed E-state index contributed by atoms with van der Waals surface area (Å²) in [7, 11) is 4.19. The summed E-state index contributed by atoms with van der Waals surface area (Å²) in [5.41, 5.74) is 1.38. The first-order valence-electron chi connectivity index (χ1n) is 9.43. The monoisotopic (exact) mass is 354 g/mol. The molecule has 6 heteroatoms. The quantitative estimate of drug-likeness (QED) is 0.733. The minimum atomic E-state index is 0.835. The van der Waals surface area contributed by atoms with Crippen molar-refractivity contribution in [1.29, 1.82) is 0 Å². The maximum absolute atomic E-state index is 4.69. The minimum absolute atomic E-state index is 0.835. The van der Waals surface area contributed by atoms with E-state index in [0.29, 0.717) is 0 Å². The molecule has 1 fully saturated rings. The van der Waals surface area contributed by atoms with Crippen molar-refractivity contribution in [3.8, 4) is 0 Å². The van der Waals surface area contributed by atoms with Gasteiger partial charge in [-0.2, -0.15) is 4.98 Å². The Morgan fingerprint density at radius 1 is 1.04 bits per heavy atom. The highest BCUT2D eigenvalue weighted by Crippen LogP contribution is 2.15. The molecular weight excluding hydrogens is 324 g/mol. The van der Waals surface area contributed by atoms with Gasteiger partial charge in [0.05, 0.1) is 0 Å². The molecule has 0 amide bonds. The smallest absolute Gasteiger partial charge is 0.227 e. The predicted octanol–water partition coefficient (Wildman–Crippen LogP) is 2.16. The molecule has 1 aromatic heterocycles. The van der Waals surface area contributed by atoms with E-state index in [4.69, 9.17) is 4.98 Å². The Kier molecular flexibility index (Phi) is 6.80. The number of piperazine rings is 1. The Morgan fingerprint density at radius 2 is 1.81 bits per heavy atom. The maximum atomic E-state index is 4.69. The first-order chi connectivity index (χ1) is 12.7. The Bertz CT molecular complexity index is 652. The van der Waals surface area contributed by atoms with Crippen molar-refractivity contribution < 1.29 is 0 Å².